The zero-order valence-electron chi connectivity index (χ0n) is 13.5. The molecule has 0 radical (unpaired) electrons. The first-order chi connectivity index (χ1) is 9.24. The van der Waals surface area contributed by atoms with E-state index >= 15 is 0 Å². The summed E-state index contributed by atoms with van der Waals surface area (Å²) in [5.74, 6) is 6.49. The molecule has 114 valence electrons. The van der Waals surface area contributed by atoms with E-state index in [2.05, 4.69) is 45.4 Å². The molecular weight excluding hydrogens is 266 g/mol. The van der Waals surface area contributed by atoms with Crippen molar-refractivity contribution in [2.24, 2.45) is 17.2 Å². The number of thiazole rings is 1. The second-order valence-corrected chi connectivity index (χ2v) is 8.78. The first-order valence-electron chi connectivity index (χ1n) is 7.65. The van der Waals surface area contributed by atoms with Gasteiger partial charge in [0.25, 0.3) is 0 Å². The van der Waals surface area contributed by atoms with Crippen LogP contribution in [-0.2, 0) is 11.8 Å². The van der Waals surface area contributed by atoms with E-state index in [1.54, 1.807) is 11.3 Å². The number of hydrogen-bond acceptors (Lipinski definition) is 4. The van der Waals surface area contributed by atoms with Crippen LogP contribution < -0.4 is 11.3 Å². The largest absolute Gasteiger partial charge is 0.271 e. The summed E-state index contributed by atoms with van der Waals surface area (Å²) in [4.78, 5) is 4.81. The molecule has 0 aromatic carbocycles. The van der Waals surface area contributed by atoms with Crippen LogP contribution in [-0.4, -0.2) is 11.0 Å². The fourth-order valence-electron chi connectivity index (χ4n) is 3.35. The summed E-state index contributed by atoms with van der Waals surface area (Å²) in [5.41, 5.74) is 4.78. The fourth-order valence-corrected chi connectivity index (χ4v) is 4.43. The molecule has 1 aromatic heterocycles. The predicted molar refractivity (Wildman–Crippen MR) is 86.8 cm³/mol. The molecular formula is C16H29N3S. The third-order valence-corrected chi connectivity index (χ3v) is 5.63. The lowest BCUT2D eigenvalue weighted by Crippen LogP contribution is -2.45. The minimum atomic E-state index is 0.132. The molecule has 0 aliphatic heterocycles. The van der Waals surface area contributed by atoms with E-state index in [4.69, 9.17) is 10.8 Å². The third kappa shape index (κ3) is 3.41. The van der Waals surface area contributed by atoms with E-state index in [1.165, 1.54) is 30.0 Å². The SMILES string of the molecule is CC(C)(C)c1csc(CC(NN)C2CCCC2(C)C)n1. The molecule has 1 saturated carbocycles. The van der Waals surface area contributed by atoms with Gasteiger partial charge in [0.15, 0.2) is 0 Å². The number of hydrogen-bond donors (Lipinski definition) is 2. The van der Waals surface area contributed by atoms with Gasteiger partial charge in [-0.15, -0.1) is 11.3 Å². The maximum absolute atomic E-state index is 5.84. The number of rotatable bonds is 4. The van der Waals surface area contributed by atoms with Crippen LogP contribution in [0.2, 0.25) is 0 Å². The smallest absolute Gasteiger partial charge is 0.0944 e. The molecule has 1 aliphatic carbocycles. The van der Waals surface area contributed by atoms with Crippen molar-refractivity contribution in [2.45, 2.75) is 71.8 Å². The average Bonchev–Trinajstić information content (AvgIpc) is 2.92. The second-order valence-electron chi connectivity index (χ2n) is 7.84. The van der Waals surface area contributed by atoms with Crippen LogP contribution in [0.3, 0.4) is 0 Å². The molecule has 0 bridgehead atoms. The highest BCUT2D eigenvalue weighted by atomic mass is 32.1. The second kappa shape index (κ2) is 5.74. The van der Waals surface area contributed by atoms with Gasteiger partial charge in [0.1, 0.15) is 0 Å². The summed E-state index contributed by atoms with van der Waals surface area (Å²) < 4.78 is 0. The molecule has 2 atom stereocenters. The number of aromatic nitrogens is 1. The Bertz CT molecular complexity index is 445. The van der Waals surface area contributed by atoms with E-state index in [1.807, 2.05) is 0 Å². The predicted octanol–water partition coefficient (Wildman–Crippen LogP) is 3.64. The summed E-state index contributed by atoms with van der Waals surface area (Å²) in [5, 5.41) is 3.41. The van der Waals surface area contributed by atoms with Crippen molar-refractivity contribution in [2.75, 3.05) is 0 Å². The van der Waals surface area contributed by atoms with Crippen LogP contribution in [0, 0.1) is 11.3 Å². The lowest BCUT2D eigenvalue weighted by Gasteiger charge is -2.33. The molecule has 1 fully saturated rings. The first kappa shape index (κ1) is 15.9. The average molecular weight is 295 g/mol. The molecule has 0 saturated heterocycles. The highest BCUT2D eigenvalue weighted by Crippen LogP contribution is 2.45. The topological polar surface area (TPSA) is 50.9 Å². The Morgan fingerprint density at radius 3 is 2.65 bits per heavy atom. The van der Waals surface area contributed by atoms with Gasteiger partial charge in [-0.05, 0) is 24.2 Å². The van der Waals surface area contributed by atoms with Crippen molar-refractivity contribution < 1.29 is 0 Å². The Morgan fingerprint density at radius 1 is 1.50 bits per heavy atom. The van der Waals surface area contributed by atoms with Crippen molar-refractivity contribution in [3.8, 4) is 0 Å². The van der Waals surface area contributed by atoms with Gasteiger partial charge >= 0.3 is 0 Å². The Balaban J connectivity index is 2.09. The summed E-state index contributed by atoms with van der Waals surface area (Å²) in [6, 6.07) is 0.339. The summed E-state index contributed by atoms with van der Waals surface area (Å²) in [6.45, 7) is 11.4. The van der Waals surface area contributed by atoms with Crippen LogP contribution in [0.1, 0.15) is 64.6 Å². The highest BCUT2D eigenvalue weighted by Gasteiger charge is 2.39. The van der Waals surface area contributed by atoms with Crippen LogP contribution in [0.25, 0.3) is 0 Å². The Hall–Kier alpha value is -0.450. The van der Waals surface area contributed by atoms with Crippen molar-refractivity contribution >= 4 is 11.3 Å². The molecule has 2 rings (SSSR count). The number of nitrogens with zero attached hydrogens (tertiary/aromatic N) is 1. The number of nitrogens with one attached hydrogen (secondary N) is 1. The van der Waals surface area contributed by atoms with Crippen LogP contribution >= 0.6 is 11.3 Å². The van der Waals surface area contributed by atoms with Crippen molar-refractivity contribution in [3.05, 3.63) is 16.1 Å². The normalized spacial score (nSPS) is 24.0. The van der Waals surface area contributed by atoms with Crippen LogP contribution in [0.15, 0.2) is 5.38 Å². The molecule has 0 amide bonds. The minimum absolute atomic E-state index is 0.132. The van der Waals surface area contributed by atoms with Gasteiger partial charge in [0, 0.05) is 23.3 Å². The van der Waals surface area contributed by atoms with Crippen molar-refractivity contribution in [3.63, 3.8) is 0 Å². The molecule has 3 N–H and O–H groups in total. The van der Waals surface area contributed by atoms with E-state index in [-0.39, 0.29) is 5.41 Å². The van der Waals surface area contributed by atoms with Gasteiger partial charge in [-0.25, -0.2) is 4.98 Å². The minimum Gasteiger partial charge on any atom is -0.271 e. The lowest BCUT2D eigenvalue weighted by atomic mass is 9.77. The summed E-state index contributed by atoms with van der Waals surface area (Å²) >= 11 is 1.77. The lowest BCUT2D eigenvalue weighted by molar-refractivity contribution is 0.196. The molecule has 1 heterocycles. The molecule has 1 aliphatic rings. The van der Waals surface area contributed by atoms with Crippen molar-refractivity contribution in [1.29, 1.82) is 0 Å². The van der Waals surface area contributed by atoms with Crippen LogP contribution in [0.5, 0.6) is 0 Å². The van der Waals surface area contributed by atoms with E-state index in [9.17, 15) is 0 Å². The molecule has 3 nitrogen and oxygen atoms in total. The quantitative estimate of drug-likeness (QED) is 0.658. The zero-order valence-corrected chi connectivity index (χ0v) is 14.3. The van der Waals surface area contributed by atoms with E-state index in [0.29, 0.717) is 17.4 Å². The maximum atomic E-state index is 5.84. The Kier molecular flexibility index (Phi) is 4.57. The van der Waals surface area contributed by atoms with Gasteiger partial charge in [0.05, 0.1) is 10.7 Å². The molecule has 1 aromatic rings. The first-order valence-corrected chi connectivity index (χ1v) is 8.53. The number of hydrazine groups is 1. The van der Waals surface area contributed by atoms with Crippen molar-refractivity contribution in [1.82, 2.24) is 10.4 Å². The van der Waals surface area contributed by atoms with Gasteiger partial charge in [-0.3, -0.25) is 11.3 Å². The Morgan fingerprint density at radius 2 is 2.20 bits per heavy atom. The molecule has 0 spiro atoms. The summed E-state index contributed by atoms with van der Waals surface area (Å²) in [6.07, 6.45) is 4.85. The summed E-state index contributed by atoms with van der Waals surface area (Å²) in [7, 11) is 0. The van der Waals surface area contributed by atoms with Gasteiger partial charge in [-0.2, -0.15) is 0 Å². The maximum Gasteiger partial charge on any atom is 0.0944 e. The van der Waals surface area contributed by atoms with Gasteiger partial charge in [-0.1, -0.05) is 41.0 Å². The molecule has 20 heavy (non-hydrogen) atoms. The third-order valence-electron chi connectivity index (χ3n) is 4.75. The monoisotopic (exact) mass is 295 g/mol. The molecule has 2 unspecified atom stereocenters. The van der Waals surface area contributed by atoms with E-state index < -0.39 is 0 Å². The highest BCUT2D eigenvalue weighted by molar-refractivity contribution is 7.09. The fraction of sp³-hybridized carbons (Fsp3) is 0.812. The zero-order chi connectivity index (χ0) is 15.0. The number of nitrogens with two attached hydrogens (primary N) is 1. The Labute approximate surface area is 127 Å². The van der Waals surface area contributed by atoms with Gasteiger partial charge < -0.3 is 0 Å². The van der Waals surface area contributed by atoms with Crippen LogP contribution in [0.4, 0.5) is 0 Å². The standard InChI is InChI=1S/C16H29N3S/c1-15(2,3)13-10-20-14(18-13)9-12(19-17)11-7-6-8-16(11,4)5/h10-12,19H,6-9,17H2,1-5H3. The van der Waals surface area contributed by atoms with E-state index in [0.717, 1.165) is 6.42 Å². The molecule has 4 heteroatoms. The van der Waals surface area contributed by atoms with Gasteiger partial charge in [0.2, 0.25) is 0 Å².